The maximum atomic E-state index is 12.6. The molecule has 0 saturated heterocycles. The molecule has 0 saturated carbocycles. The Labute approximate surface area is 155 Å². The van der Waals surface area contributed by atoms with Crippen LogP contribution in [0, 0.1) is 0 Å². The van der Waals surface area contributed by atoms with Crippen molar-refractivity contribution in [3.8, 4) is 5.75 Å². The zero-order chi connectivity index (χ0) is 19.0. The van der Waals surface area contributed by atoms with Gasteiger partial charge in [-0.25, -0.2) is 4.98 Å². The van der Waals surface area contributed by atoms with E-state index >= 15 is 0 Å². The Morgan fingerprint density at radius 1 is 1.07 bits per heavy atom. The number of fused-ring (bicyclic) bond motifs is 2. The molecule has 0 atom stereocenters. The SMILES string of the molecule is CCn1c(CN2C(=O)c3ccccc3C2=O)nc2ccc(OCCO)cc21. The zero-order valence-electron chi connectivity index (χ0n) is 14.9. The molecule has 0 unspecified atom stereocenters. The van der Waals surface area contributed by atoms with Gasteiger partial charge in [-0.05, 0) is 31.2 Å². The van der Waals surface area contributed by atoms with Crippen LogP contribution in [0.1, 0.15) is 33.5 Å². The van der Waals surface area contributed by atoms with Crippen molar-refractivity contribution >= 4 is 22.8 Å². The minimum Gasteiger partial charge on any atom is -0.491 e. The van der Waals surface area contributed by atoms with Crippen LogP contribution in [0.5, 0.6) is 5.75 Å². The highest BCUT2D eigenvalue weighted by atomic mass is 16.5. The summed E-state index contributed by atoms with van der Waals surface area (Å²) in [5, 5.41) is 8.92. The molecule has 7 heteroatoms. The van der Waals surface area contributed by atoms with Crippen LogP contribution in [0.4, 0.5) is 0 Å². The number of ether oxygens (including phenoxy) is 1. The van der Waals surface area contributed by atoms with Gasteiger partial charge in [0.15, 0.2) is 0 Å². The average molecular weight is 365 g/mol. The van der Waals surface area contributed by atoms with Gasteiger partial charge in [-0.15, -0.1) is 0 Å². The number of rotatable bonds is 6. The Bertz CT molecular complexity index is 1010. The minimum atomic E-state index is -0.294. The molecule has 1 aliphatic rings. The molecule has 0 spiro atoms. The van der Waals surface area contributed by atoms with Crippen molar-refractivity contribution in [1.29, 1.82) is 0 Å². The van der Waals surface area contributed by atoms with Crippen LogP contribution in [0.25, 0.3) is 11.0 Å². The van der Waals surface area contributed by atoms with Crippen LogP contribution in [0.3, 0.4) is 0 Å². The summed E-state index contributed by atoms with van der Waals surface area (Å²) in [5.74, 6) is 0.689. The molecule has 27 heavy (non-hydrogen) atoms. The van der Waals surface area contributed by atoms with Gasteiger partial charge in [-0.3, -0.25) is 14.5 Å². The molecule has 0 radical (unpaired) electrons. The number of aliphatic hydroxyl groups is 1. The van der Waals surface area contributed by atoms with Crippen molar-refractivity contribution in [1.82, 2.24) is 14.5 Å². The number of nitrogens with zero attached hydrogens (tertiary/aromatic N) is 3. The zero-order valence-corrected chi connectivity index (χ0v) is 14.9. The standard InChI is InChI=1S/C20H19N3O4/c1-2-22-17-11-13(27-10-9-24)7-8-16(17)21-18(22)12-23-19(25)14-5-3-4-6-15(14)20(23)26/h3-8,11,24H,2,9-10,12H2,1H3. The quantitative estimate of drug-likeness (QED) is 0.677. The molecule has 7 nitrogen and oxygen atoms in total. The number of carbonyl (C=O) groups excluding carboxylic acids is 2. The van der Waals surface area contributed by atoms with Crippen molar-refractivity contribution < 1.29 is 19.4 Å². The number of imide groups is 1. The highest BCUT2D eigenvalue weighted by molar-refractivity contribution is 6.21. The van der Waals surface area contributed by atoms with Gasteiger partial charge in [0.05, 0.1) is 35.3 Å². The summed E-state index contributed by atoms with van der Waals surface area (Å²) in [6, 6.07) is 12.3. The van der Waals surface area contributed by atoms with Gasteiger partial charge in [-0.2, -0.15) is 0 Å². The second kappa shape index (κ2) is 6.85. The summed E-state index contributed by atoms with van der Waals surface area (Å²) in [6.45, 7) is 2.89. The van der Waals surface area contributed by atoms with Crippen LogP contribution in [-0.2, 0) is 13.1 Å². The van der Waals surface area contributed by atoms with Crippen LogP contribution < -0.4 is 4.74 Å². The number of hydrogen-bond donors (Lipinski definition) is 1. The molecular weight excluding hydrogens is 346 g/mol. The fourth-order valence-corrected chi connectivity index (χ4v) is 3.40. The molecule has 4 rings (SSSR count). The van der Waals surface area contributed by atoms with Crippen molar-refractivity contribution in [3.63, 3.8) is 0 Å². The summed E-state index contributed by atoms with van der Waals surface area (Å²) < 4.78 is 7.44. The monoisotopic (exact) mass is 365 g/mol. The van der Waals surface area contributed by atoms with E-state index in [1.807, 2.05) is 23.6 Å². The third kappa shape index (κ3) is 2.86. The summed E-state index contributed by atoms with van der Waals surface area (Å²) in [4.78, 5) is 31.1. The Kier molecular flexibility index (Phi) is 4.37. The van der Waals surface area contributed by atoms with Gasteiger partial charge in [-0.1, -0.05) is 12.1 Å². The van der Waals surface area contributed by atoms with E-state index in [2.05, 4.69) is 4.98 Å². The van der Waals surface area contributed by atoms with E-state index in [0.29, 0.717) is 29.2 Å². The molecule has 2 heterocycles. The lowest BCUT2D eigenvalue weighted by Crippen LogP contribution is -2.30. The molecule has 1 N–H and O–H groups in total. The van der Waals surface area contributed by atoms with Gasteiger partial charge in [0.25, 0.3) is 11.8 Å². The second-order valence-electron chi connectivity index (χ2n) is 6.24. The van der Waals surface area contributed by atoms with Gasteiger partial charge in [0, 0.05) is 12.6 Å². The third-order valence-corrected chi connectivity index (χ3v) is 4.65. The van der Waals surface area contributed by atoms with Gasteiger partial charge < -0.3 is 14.4 Å². The molecule has 1 aromatic heterocycles. The fourth-order valence-electron chi connectivity index (χ4n) is 3.40. The van der Waals surface area contributed by atoms with Crippen molar-refractivity contribution in [2.75, 3.05) is 13.2 Å². The Morgan fingerprint density at radius 3 is 2.41 bits per heavy atom. The predicted molar refractivity (Wildman–Crippen MR) is 98.6 cm³/mol. The molecule has 0 fully saturated rings. The van der Waals surface area contributed by atoms with Gasteiger partial charge >= 0.3 is 0 Å². The highest BCUT2D eigenvalue weighted by Crippen LogP contribution is 2.27. The maximum absolute atomic E-state index is 12.6. The number of benzene rings is 2. The predicted octanol–water partition coefficient (Wildman–Crippen LogP) is 2.22. The Morgan fingerprint density at radius 2 is 1.78 bits per heavy atom. The summed E-state index contributed by atoms with van der Waals surface area (Å²) in [5.41, 5.74) is 2.49. The van der Waals surface area contributed by atoms with E-state index in [0.717, 1.165) is 11.0 Å². The molecule has 3 aromatic rings. The number of aromatic nitrogens is 2. The van der Waals surface area contributed by atoms with E-state index in [9.17, 15) is 9.59 Å². The van der Waals surface area contributed by atoms with Crippen LogP contribution in [-0.4, -0.2) is 44.6 Å². The average Bonchev–Trinajstić information content (AvgIpc) is 3.16. The first-order valence-electron chi connectivity index (χ1n) is 8.82. The van der Waals surface area contributed by atoms with E-state index in [1.165, 1.54) is 4.90 Å². The second-order valence-corrected chi connectivity index (χ2v) is 6.24. The first kappa shape index (κ1) is 17.2. The van der Waals surface area contributed by atoms with E-state index in [4.69, 9.17) is 9.84 Å². The Balaban J connectivity index is 1.68. The van der Waals surface area contributed by atoms with Crippen molar-refractivity contribution in [3.05, 3.63) is 59.4 Å². The van der Waals surface area contributed by atoms with Gasteiger partial charge in [0.1, 0.15) is 18.2 Å². The number of imidazole rings is 1. The van der Waals surface area contributed by atoms with E-state index in [-0.39, 0.29) is 31.6 Å². The summed E-state index contributed by atoms with van der Waals surface area (Å²) >= 11 is 0. The molecule has 138 valence electrons. The lowest BCUT2D eigenvalue weighted by molar-refractivity contribution is 0.0637. The summed E-state index contributed by atoms with van der Waals surface area (Å²) in [6.07, 6.45) is 0. The molecule has 0 aliphatic carbocycles. The topological polar surface area (TPSA) is 84.7 Å². The van der Waals surface area contributed by atoms with Crippen LogP contribution in [0.15, 0.2) is 42.5 Å². The smallest absolute Gasteiger partial charge is 0.261 e. The number of hydrogen-bond acceptors (Lipinski definition) is 5. The molecule has 2 amide bonds. The number of aliphatic hydroxyl groups excluding tert-OH is 1. The lowest BCUT2D eigenvalue weighted by atomic mass is 10.1. The van der Waals surface area contributed by atoms with Gasteiger partial charge in [0.2, 0.25) is 0 Å². The minimum absolute atomic E-state index is 0.0595. The normalized spacial score (nSPS) is 13.5. The highest BCUT2D eigenvalue weighted by Gasteiger charge is 2.36. The van der Waals surface area contributed by atoms with Crippen LogP contribution in [0.2, 0.25) is 0 Å². The molecular formula is C20H19N3O4. The van der Waals surface area contributed by atoms with Crippen molar-refractivity contribution in [2.45, 2.75) is 20.0 Å². The third-order valence-electron chi connectivity index (χ3n) is 4.65. The van der Waals surface area contributed by atoms with Crippen LogP contribution >= 0.6 is 0 Å². The Hall–Kier alpha value is -3.19. The molecule has 2 aromatic carbocycles. The van der Waals surface area contributed by atoms with E-state index in [1.54, 1.807) is 30.3 Å². The number of carbonyl (C=O) groups is 2. The van der Waals surface area contributed by atoms with E-state index < -0.39 is 0 Å². The number of amides is 2. The maximum Gasteiger partial charge on any atom is 0.261 e. The van der Waals surface area contributed by atoms with Crippen molar-refractivity contribution in [2.24, 2.45) is 0 Å². The molecule has 0 bridgehead atoms. The largest absolute Gasteiger partial charge is 0.491 e. The lowest BCUT2D eigenvalue weighted by Gasteiger charge is -2.14. The first-order chi connectivity index (χ1) is 13.1. The number of aryl methyl sites for hydroxylation is 1. The fraction of sp³-hybridized carbons (Fsp3) is 0.250. The molecule has 1 aliphatic heterocycles. The summed E-state index contributed by atoms with van der Waals surface area (Å²) in [7, 11) is 0. The first-order valence-corrected chi connectivity index (χ1v) is 8.82.